The Bertz CT molecular complexity index is 619. The van der Waals surface area contributed by atoms with E-state index in [0.29, 0.717) is 18.0 Å². The molecule has 1 heterocycles. The Kier molecular flexibility index (Phi) is 4.37. The molecule has 0 radical (unpaired) electrons. The molecule has 0 aliphatic carbocycles. The van der Waals surface area contributed by atoms with Gasteiger partial charge in [0.2, 0.25) is 10.0 Å². The van der Waals surface area contributed by atoms with Gasteiger partial charge in [-0.15, -0.1) is 0 Å². The zero-order chi connectivity index (χ0) is 14.2. The highest BCUT2D eigenvalue weighted by Gasteiger charge is 2.37. The summed E-state index contributed by atoms with van der Waals surface area (Å²) in [4.78, 5) is 0.170. The molecule has 0 saturated carbocycles. The minimum absolute atomic E-state index is 0.00943. The lowest BCUT2D eigenvalue weighted by molar-refractivity contribution is 0.446. The van der Waals surface area contributed by atoms with Crippen molar-refractivity contribution < 1.29 is 8.42 Å². The van der Waals surface area contributed by atoms with E-state index in [1.807, 2.05) is 0 Å². The highest BCUT2D eigenvalue weighted by molar-refractivity contribution is 7.89. The van der Waals surface area contributed by atoms with Crippen LogP contribution in [0.2, 0.25) is 10.0 Å². The zero-order valence-electron chi connectivity index (χ0n) is 9.84. The molecule has 1 aromatic carbocycles. The van der Waals surface area contributed by atoms with Crippen molar-refractivity contribution in [2.75, 3.05) is 6.54 Å². The van der Waals surface area contributed by atoms with Gasteiger partial charge in [-0.3, -0.25) is 0 Å². The van der Waals surface area contributed by atoms with Gasteiger partial charge in [0.15, 0.2) is 0 Å². The van der Waals surface area contributed by atoms with E-state index in [1.54, 1.807) is 0 Å². The molecule has 4 nitrogen and oxygen atoms in total. The first kappa shape index (κ1) is 15.0. The smallest absolute Gasteiger partial charge is 0.245 e. The van der Waals surface area contributed by atoms with E-state index in [1.165, 1.54) is 22.5 Å². The third-order valence-electron chi connectivity index (χ3n) is 3.01. The Morgan fingerprint density at radius 2 is 2.11 bits per heavy atom. The normalized spacial score (nSPS) is 20.6. The molecule has 0 bridgehead atoms. The number of hydrogen-bond acceptors (Lipinski definition) is 3. The van der Waals surface area contributed by atoms with Gasteiger partial charge in [0.1, 0.15) is 4.90 Å². The average molecular weight is 339 g/mol. The summed E-state index contributed by atoms with van der Waals surface area (Å²) in [5.41, 5.74) is 5.60. The van der Waals surface area contributed by atoms with Crippen LogP contribution in [0.5, 0.6) is 0 Å². The summed E-state index contributed by atoms with van der Waals surface area (Å²) in [6.45, 7) is 0.382. The number of benzene rings is 1. The lowest BCUT2D eigenvalue weighted by Crippen LogP contribution is -2.42. The minimum atomic E-state index is -3.74. The van der Waals surface area contributed by atoms with E-state index in [4.69, 9.17) is 41.2 Å². The van der Waals surface area contributed by atoms with Crippen molar-refractivity contribution in [2.24, 2.45) is 5.73 Å². The maximum absolute atomic E-state index is 12.6. The highest BCUT2D eigenvalue weighted by atomic mass is 35.5. The number of halogens is 2. The molecule has 2 N–H and O–H groups in total. The lowest BCUT2D eigenvalue weighted by Gasteiger charge is -2.23. The SMILES string of the molecule is NC(=S)C1CCCN1S(=O)(=O)c1cc(Cl)ccc1Cl. The van der Waals surface area contributed by atoms with Gasteiger partial charge >= 0.3 is 0 Å². The molecule has 0 amide bonds. The molecule has 19 heavy (non-hydrogen) atoms. The van der Waals surface area contributed by atoms with Crippen molar-refractivity contribution >= 4 is 50.4 Å². The van der Waals surface area contributed by atoms with Crippen LogP contribution in [0.15, 0.2) is 23.1 Å². The van der Waals surface area contributed by atoms with Crippen molar-refractivity contribution in [2.45, 2.75) is 23.8 Å². The Morgan fingerprint density at radius 1 is 1.42 bits per heavy atom. The van der Waals surface area contributed by atoms with Gasteiger partial charge < -0.3 is 5.73 Å². The Balaban J connectivity index is 2.48. The quantitative estimate of drug-likeness (QED) is 0.859. The Hall–Kier alpha value is -0.400. The molecular formula is C11H12Cl2N2O2S2. The first-order valence-electron chi connectivity index (χ1n) is 5.60. The van der Waals surface area contributed by atoms with E-state index in [9.17, 15) is 8.42 Å². The van der Waals surface area contributed by atoms with Crippen LogP contribution in [0.3, 0.4) is 0 Å². The van der Waals surface area contributed by atoms with Crippen LogP contribution >= 0.6 is 35.4 Å². The van der Waals surface area contributed by atoms with Crippen LogP contribution < -0.4 is 5.73 Å². The summed E-state index contributed by atoms with van der Waals surface area (Å²) in [7, 11) is -3.74. The number of sulfonamides is 1. The number of hydrogen-bond donors (Lipinski definition) is 1. The summed E-state index contributed by atoms with van der Waals surface area (Å²) in [5, 5.41) is 0.451. The second-order valence-corrected chi connectivity index (χ2v) is 7.42. The first-order valence-corrected chi connectivity index (χ1v) is 8.20. The van der Waals surface area contributed by atoms with Crippen LogP contribution in [0.4, 0.5) is 0 Å². The molecule has 104 valence electrons. The van der Waals surface area contributed by atoms with Crippen molar-refractivity contribution in [1.82, 2.24) is 4.31 Å². The van der Waals surface area contributed by atoms with Crippen LogP contribution in [0.1, 0.15) is 12.8 Å². The van der Waals surface area contributed by atoms with E-state index in [-0.39, 0.29) is 14.9 Å². The van der Waals surface area contributed by atoms with Gasteiger partial charge in [-0.2, -0.15) is 4.31 Å². The molecule has 8 heteroatoms. The van der Waals surface area contributed by atoms with Crippen molar-refractivity contribution in [1.29, 1.82) is 0 Å². The van der Waals surface area contributed by atoms with Crippen LogP contribution in [-0.2, 0) is 10.0 Å². The third-order valence-corrected chi connectivity index (χ3v) is 5.91. The third kappa shape index (κ3) is 2.87. The number of nitrogens with two attached hydrogens (primary N) is 1. The molecule has 1 aliphatic heterocycles. The summed E-state index contributed by atoms with van der Waals surface area (Å²) >= 11 is 16.7. The van der Waals surface area contributed by atoms with E-state index >= 15 is 0 Å². The van der Waals surface area contributed by atoms with Crippen molar-refractivity contribution in [3.05, 3.63) is 28.2 Å². The summed E-state index contributed by atoms with van der Waals surface area (Å²) in [6, 6.07) is 3.89. The highest BCUT2D eigenvalue weighted by Crippen LogP contribution is 2.31. The topological polar surface area (TPSA) is 63.4 Å². The molecule has 1 atom stereocenters. The Morgan fingerprint density at radius 3 is 2.74 bits per heavy atom. The molecule has 2 rings (SSSR count). The first-order chi connectivity index (χ1) is 8.84. The van der Waals surface area contributed by atoms with E-state index < -0.39 is 16.1 Å². The summed E-state index contributed by atoms with van der Waals surface area (Å²) < 4.78 is 26.5. The van der Waals surface area contributed by atoms with Gasteiger partial charge in [0.05, 0.1) is 16.1 Å². The monoisotopic (exact) mass is 338 g/mol. The molecule has 1 unspecified atom stereocenters. The minimum Gasteiger partial charge on any atom is -0.392 e. The molecule has 1 aliphatic rings. The fourth-order valence-electron chi connectivity index (χ4n) is 2.11. The van der Waals surface area contributed by atoms with Crippen LogP contribution in [-0.4, -0.2) is 30.3 Å². The Labute approximate surface area is 127 Å². The van der Waals surface area contributed by atoms with E-state index in [0.717, 1.165) is 6.42 Å². The number of nitrogens with zero attached hydrogens (tertiary/aromatic N) is 1. The standard InChI is InChI=1S/C11H12Cl2N2O2S2/c12-7-3-4-8(13)10(6-7)19(16,17)15-5-1-2-9(15)11(14)18/h3-4,6,9H,1-2,5H2,(H2,14,18). The van der Waals surface area contributed by atoms with Crippen LogP contribution in [0, 0.1) is 0 Å². The van der Waals surface area contributed by atoms with Crippen LogP contribution in [0.25, 0.3) is 0 Å². The predicted octanol–water partition coefficient (Wildman–Crippen LogP) is 2.43. The molecule has 0 aromatic heterocycles. The molecule has 1 aromatic rings. The molecule has 1 fully saturated rings. The van der Waals surface area contributed by atoms with Gasteiger partial charge in [-0.25, -0.2) is 8.42 Å². The van der Waals surface area contributed by atoms with E-state index in [2.05, 4.69) is 0 Å². The predicted molar refractivity (Wildman–Crippen MR) is 80.2 cm³/mol. The van der Waals surface area contributed by atoms with Gasteiger partial charge in [-0.05, 0) is 31.0 Å². The fourth-order valence-corrected chi connectivity index (χ4v) is 4.84. The van der Waals surface area contributed by atoms with Gasteiger partial charge in [0, 0.05) is 11.6 Å². The fraction of sp³-hybridized carbons (Fsp3) is 0.364. The number of thiocarbonyl (C=S) groups is 1. The number of rotatable bonds is 3. The molecular weight excluding hydrogens is 327 g/mol. The van der Waals surface area contributed by atoms with Gasteiger partial charge in [0.25, 0.3) is 0 Å². The van der Waals surface area contributed by atoms with Crippen molar-refractivity contribution in [3.8, 4) is 0 Å². The zero-order valence-corrected chi connectivity index (χ0v) is 13.0. The lowest BCUT2D eigenvalue weighted by atomic mass is 10.2. The molecule has 1 saturated heterocycles. The second kappa shape index (κ2) is 5.54. The maximum Gasteiger partial charge on any atom is 0.245 e. The summed E-state index contributed by atoms with van der Waals surface area (Å²) in [6.07, 6.45) is 1.35. The van der Waals surface area contributed by atoms with Crippen molar-refractivity contribution in [3.63, 3.8) is 0 Å². The summed E-state index contributed by atoms with van der Waals surface area (Å²) in [5.74, 6) is 0. The largest absolute Gasteiger partial charge is 0.392 e. The second-order valence-electron chi connectivity index (χ2n) is 4.25. The average Bonchev–Trinajstić information content (AvgIpc) is 2.82. The molecule has 0 spiro atoms. The maximum atomic E-state index is 12.6. The van der Waals surface area contributed by atoms with Gasteiger partial charge in [-0.1, -0.05) is 35.4 Å².